The van der Waals surface area contributed by atoms with Gasteiger partial charge in [-0.2, -0.15) is 11.8 Å². The van der Waals surface area contributed by atoms with Crippen molar-refractivity contribution >= 4 is 17.7 Å². The Morgan fingerprint density at radius 2 is 2.45 bits per heavy atom. The van der Waals surface area contributed by atoms with Crippen molar-refractivity contribution in [2.75, 3.05) is 25.1 Å². The van der Waals surface area contributed by atoms with Gasteiger partial charge in [0.25, 0.3) is 0 Å². The second kappa shape index (κ2) is 4.00. The molecule has 1 atom stereocenters. The summed E-state index contributed by atoms with van der Waals surface area (Å²) < 4.78 is 0. The summed E-state index contributed by atoms with van der Waals surface area (Å²) >= 11 is 1.89. The Kier molecular flexibility index (Phi) is 3.24. The van der Waals surface area contributed by atoms with Crippen LogP contribution >= 0.6 is 11.8 Å². The van der Waals surface area contributed by atoms with E-state index >= 15 is 0 Å². The van der Waals surface area contributed by atoms with Gasteiger partial charge in [-0.3, -0.25) is 4.79 Å². The van der Waals surface area contributed by atoms with Crippen molar-refractivity contribution in [3.8, 4) is 0 Å². The average molecular weight is 173 g/mol. The van der Waals surface area contributed by atoms with E-state index in [1.165, 1.54) is 0 Å². The molecule has 1 aliphatic rings. The number of carbonyl (C=O) groups is 1. The molecule has 0 aromatic heterocycles. The zero-order valence-corrected chi connectivity index (χ0v) is 7.99. The van der Waals surface area contributed by atoms with Gasteiger partial charge in [-0.1, -0.05) is 0 Å². The van der Waals surface area contributed by atoms with E-state index in [-0.39, 0.29) is 0 Å². The van der Waals surface area contributed by atoms with Crippen LogP contribution in [0.4, 0.5) is 0 Å². The summed E-state index contributed by atoms with van der Waals surface area (Å²) in [6.45, 7) is 2.85. The van der Waals surface area contributed by atoms with Crippen LogP contribution in [0.5, 0.6) is 0 Å². The van der Waals surface area contributed by atoms with Crippen molar-refractivity contribution in [2.45, 2.75) is 13.3 Å². The highest BCUT2D eigenvalue weighted by Gasteiger charge is 2.24. The van der Waals surface area contributed by atoms with Crippen LogP contribution < -0.4 is 0 Å². The molecule has 11 heavy (non-hydrogen) atoms. The number of rotatable bonds is 2. The molecule has 1 heterocycles. The van der Waals surface area contributed by atoms with Gasteiger partial charge in [-0.05, 0) is 19.1 Å². The summed E-state index contributed by atoms with van der Waals surface area (Å²) in [4.78, 5) is 13.3. The van der Waals surface area contributed by atoms with E-state index in [4.69, 9.17) is 0 Å². The van der Waals surface area contributed by atoms with E-state index in [9.17, 15) is 4.79 Å². The van der Waals surface area contributed by atoms with Crippen LogP contribution in [0.3, 0.4) is 0 Å². The van der Waals surface area contributed by atoms with Gasteiger partial charge >= 0.3 is 0 Å². The van der Waals surface area contributed by atoms with Gasteiger partial charge in [0.1, 0.15) is 0 Å². The number of amides is 1. The molecule has 3 heteroatoms. The summed E-state index contributed by atoms with van der Waals surface area (Å²) in [5.41, 5.74) is 0. The third-order valence-corrected chi connectivity index (χ3v) is 3.29. The fourth-order valence-electron chi connectivity index (χ4n) is 1.20. The first-order valence-corrected chi connectivity index (χ1v) is 5.24. The molecule has 0 spiro atoms. The monoisotopic (exact) mass is 173 g/mol. The molecule has 1 fully saturated rings. The van der Waals surface area contributed by atoms with Crippen LogP contribution in [0.2, 0.25) is 0 Å². The van der Waals surface area contributed by atoms with Crippen LogP contribution in [0.1, 0.15) is 13.3 Å². The summed E-state index contributed by atoms with van der Waals surface area (Å²) in [6, 6.07) is 0. The summed E-state index contributed by atoms with van der Waals surface area (Å²) in [5.74, 6) is 2.83. The Bertz CT molecular complexity index is 143. The van der Waals surface area contributed by atoms with Crippen molar-refractivity contribution in [3.05, 3.63) is 0 Å². The molecular weight excluding hydrogens is 158 g/mol. The summed E-state index contributed by atoms with van der Waals surface area (Å²) in [5, 5.41) is 0. The lowest BCUT2D eigenvalue weighted by atomic mass is 10.1. The molecule has 64 valence electrons. The second-order valence-corrected chi connectivity index (χ2v) is 4.06. The van der Waals surface area contributed by atoms with E-state index in [1.54, 1.807) is 0 Å². The van der Waals surface area contributed by atoms with E-state index in [0.29, 0.717) is 11.8 Å². The van der Waals surface area contributed by atoms with Crippen LogP contribution in [0, 0.1) is 5.92 Å². The Hall–Kier alpha value is -0.180. The van der Waals surface area contributed by atoms with Crippen molar-refractivity contribution in [1.29, 1.82) is 0 Å². The molecule has 1 unspecified atom stereocenters. The van der Waals surface area contributed by atoms with Gasteiger partial charge in [0.15, 0.2) is 0 Å². The lowest BCUT2D eigenvalue weighted by Crippen LogP contribution is -2.32. The SMILES string of the molecule is CCN(C)C(=O)C1CCSC1. The molecule has 0 aromatic carbocycles. The number of hydrogen-bond donors (Lipinski definition) is 0. The normalized spacial score (nSPS) is 23.6. The fraction of sp³-hybridized carbons (Fsp3) is 0.875. The van der Waals surface area contributed by atoms with Crippen LogP contribution in [0.25, 0.3) is 0 Å². The van der Waals surface area contributed by atoms with Crippen molar-refractivity contribution in [2.24, 2.45) is 5.92 Å². The third-order valence-electron chi connectivity index (χ3n) is 2.13. The quantitative estimate of drug-likeness (QED) is 0.626. The van der Waals surface area contributed by atoms with Gasteiger partial charge in [0.2, 0.25) is 5.91 Å². The predicted octanol–water partition coefficient (Wildman–Crippen LogP) is 1.22. The number of nitrogens with zero attached hydrogens (tertiary/aromatic N) is 1. The molecule has 0 aromatic rings. The molecule has 1 aliphatic heterocycles. The Morgan fingerprint density at radius 3 is 2.91 bits per heavy atom. The Labute approximate surface area is 72.3 Å². The molecule has 0 N–H and O–H groups in total. The van der Waals surface area contributed by atoms with Crippen LogP contribution in [0.15, 0.2) is 0 Å². The molecule has 2 nitrogen and oxygen atoms in total. The van der Waals surface area contributed by atoms with Gasteiger partial charge in [0.05, 0.1) is 0 Å². The lowest BCUT2D eigenvalue weighted by molar-refractivity contribution is -0.133. The molecule has 0 radical (unpaired) electrons. The first-order valence-electron chi connectivity index (χ1n) is 4.08. The zero-order chi connectivity index (χ0) is 8.27. The maximum Gasteiger partial charge on any atom is 0.226 e. The van der Waals surface area contributed by atoms with Crippen LogP contribution in [-0.4, -0.2) is 35.9 Å². The number of hydrogen-bond acceptors (Lipinski definition) is 2. The summed E-state index contributed by atoms with van der Waals surface area (Å²) in [6.07, 6.45) is 1.08. The molecule has 0 aliphatic carbocycles. The second-order valence-electron chi connectivity index (χ2n) is 2.91. The van der Waals surface area contributed by atoms with E-state index in [0.717, 1.165) is 24.5 Å². The minimum atomic E-state index is 0.310. The summed E-state index contributed by atoms with van der Waals surface area (Å²) in [7, 11) is 1.88. The maximum absolute atomic E-state index is 11.5. The smallest absolute Gasteiger partial charge is 0.226 e. The average Bonchev–Trinajstić information content (AvgIpc) is 2.53. The van der Waals surface area contributed by atoms with E-state index in [1.807, 2.05) is 30.6 Å². The Balaban J connectivity index is 2.39. The van der Waals surface area contributed by atoms with Crippen molar-refractivity contribution in [3.63, 3.8) is 0 Å². The zero-order valence-electron chi connectivity index (χ0n) is 7.17. The van der Waals surface area contributed by atoms with Gasteiger partial charge in [0, 0.05) is 25.3 Å². The van der Waals surface area contributed by atoms with Gasteiger partial charge in [-0.25, -0.2) is 0 Å². The molecule has 0 saturated carbocycles. The highest BCUT2D eigenvalue weighted by atomic mass is 32.2. The standard InChI is InChI=1S/C8H15NOS/c1-3-9(2)8(10)7-4-5-11-6-7/h7H,3-6H2,1-2H3. The third kappa shape index (κ3) is 2.12. The van der Waals surface area contributed by atoms with Gasteiger partial charge < -0.3 is 4.90 Å². The molecule has 1 rings (SSSR count). The molecular formula is C8H15NOS. The highest BCUT2D eigenvalue weighted by Crippen LogP contribution is 2.24. The Morgan fingerprint density at radius 1 is 1.73 bits per heavy atom. The largest absolute Gasteiger partial charge is 0.346 e. The van der Waals surface area contributed by atoms with E-state index < -0.39 is 0 Å². The molecule has 1 amide bonds. The first kappa shape index (κ1) is 8.91. The first-order chi connectivity index (χ1) is 5.25. The lowest BCUT2D eigenvalue weighted by Gasteiger charge is -2.18. The fourth-order valence-corrected chi connectivity index (χ4v) is 2.41. The van der Waals surface area contributed by atoms with Crippen molar-refractivity contribution in [1.82, 2.24) is 4.90 Å². The number of thioether (sulfide) groups is 1. The molecule has 0 bridgehead atoms. The maximum atomic E-state index is 11.5. The highest BCUT2D eigenvalue weighted by molar-refractivity contribution is 7.99. The minimum Gasteiger partial charge on any atom is -0.346 e. The van der Waals surface area contributed by atoms with Crippen molar-refractivity contribution < 1.29 is 4.79 Å². The topological polar surface area (TPSA) is 20.3 Å². The minimum absolute atomic E-state index is 0.310. The number of carbonyl (C=O) groups excluding carboxylic acids is 1. The predicted molar refractivity (Wildman–Crippen MR) is 48.7 cm³/mol. The van der Waals surface area contributed by atoms with Gasteiger partial charge in [-0.15, -0.1) is 0 Å². The van der Waals surface area contributed by atoms with Crippen LogP contribution in [-0.2, 0) is 4.79 Å². The molecule has 1 saturated heterocycles. The van der Waals surface area contributed by atoms with E-state index in [2.05, 4.69) is 0 Å².